The van der Waals surface area contributed by atoms with Gasteiger partial charge in [-0.2, -0.15) is 18.4 Å². The summed E-state index contributed by atoms with van der Waals surface area (Å²) in [6.45, 7) is 0.200. The molecule has 0 unspecified atom stereocenters. The summed E-state index contributed by atoms with van der Waals surface area (Å²) in [5.74, 6) is -0.519. The van der Waals surface area contributed by atoms with E-state index < -0.39 is 23.2 Å². The third-order valence-electron chi connectivity index (χ3n) is 2.15. The number of rotatable bonds is 4. The number of hydrogen-bond donors (Lipinski definition) is 2. The average Bonchev–Trinajstić information content (AvgIpc) is 2.26. The summed E-state index contributed by atoms with van der Waals surface area (Å²) in [7, 11) is 0. The number of carbonyl (C=O) groups excluding carboxylic acids is 1. The standard InChI is InChI=1S/C11H10F3N3O/c12-11(13,14)9-2-1-8(5-7(9)6-15)17-4-3-10(16)18/h1-2,5,17H,3-4H2,(H2,16,18). The summed E-state index contributed by atoms with van der Waals surface area (Å²) in [5.41, 5.74) is 3.80. The molecule has 7 heteroatoms. The number of hydrogen-bond acceptors (Lipinski definition) is 3. The van der Waals surface area contributed by atoms with Crippen molar-refractivity contribution >= 4 is 11.6 Å². The van der Waals surface area contributed by atoms with Gasteiger partial charge in [-0.05, 0) is 18.2 Å². The highest BCUT2D eigenvalue weighted by Crippen LogP contribution is 2.32. The predicted octanol–water partition coefficient (Wildman–Crippen LogP) is 1.86. The van der Waals surface area contributed by atoms with Crippen LogP contribution in [0, 0.1) is 11.3 Å². The van der Waals surface area contributed by atoms with E-state index in [1.165, 1.54) is 12.1 Å². The minimum absolute atomic E-state index is 0.0584. The number of primary amides is 1. The maximum absolute atomic E-state index is 12.5. The lowest BCUT2D eigenvalue weighted by Crippen LogP contribution is -2.16. The van der Waals surface area contributed by atoms with Crippen LogP contribution in [0.4, 0.5) is 18.9 Å². The van der Waals surface area contributed by atoms with Crippen molar-refractivity contribution in [2.75, 3.05) is 11.9 Å². The third-order valence-corrected chi connectivity index (χ3v) is 2.15. The molecule has 0 saturated carbocycles. The number of halogens is 3. The number of anilines is 1. The number of nitriles is 1. The lowest BCUT2D eigenvalue weighted by Gasteiger charge is -2.11. The largest absolute Gasteiger partial charge is 0.417 e. The summed E-state index contributed by atoms with van der Waals surface area (Å²) in [5, 5.41) is 11.4. The molecule has 3 N–H and O–H groups in total. The Morgan fingerprint density at radius 3 is 2.61 bits per heavy atom. The molecule has 0 aliphatic heterocycles. The number of alkyl halides is 3. The second-order valence-corrected chi connectivity index (χ2v) is 3.51. The van der Waals surface area contributed by atoms with Crippen LogP contribution in [0.3, 0.4) is 0 Å². The van der Waals surface area contributed by atoms with Crippen molar-refractivity contribution < 1.29 is 18.0 Å². The smallest absolute Gasteiger partial charge is 0.384 e. The zero-order valence-corrected chi connectivity index (χ0v) is 9.21. The molecule has 0 aliphatic rings. The quantitative estimate of drug-likeness (QED) is 0.864. The van der Waals surface area contributed by atoms with Crippen LogP contribution in [-0.4, -0.2) is 12.5 Å². The Kier molecular flexibility index (Phi) is 4.15. The van der Waals surface area contributed by atoms with Crippen molar-refractivity contribution in [1.82, 2.24) is 0 Å². The molecular weight excluding hydrogens is 247 g/mol. The first kappa shape index (κ1) is 13.8. The molecule has 0 spiro atoms. The predicted molar refractivity (Wildman–Crippen MR) is 58.5 cm³/mol. The van der Waals surface area contributed by atoms with Crippen molar-refractivity contribution in [2.24, 2.45) is 5.73 Å². The van der Waals surface area contributed by atoms with E-state index in [0.717, 1.165) is 12.1 Å². The van der Waals surface area contributed by atoms with Gasteiger partial charge in [-0.3, -0.25) is 4.79 Å². The van der Waals surface area contributed by atoms with Crippen molar-refractivity contribution in [3.63, 3.8) is 0 Å². The molecule has 0 atom stereocenters. The molecule has 0 aromatic heterocycles. The zero-order chi connectivity index (χ0) is 13.8. The molecule has 1 aromatic carbocycles. The summed E-state index contributed by atoms with van der Waals surface area (Å²) in [6.07, 6.45) is -4.50. The molecule has 0 fully saturated rings. The molecule has 96 valence electrons. The van der Waals surface area contributed by atoms with Gasteiger partial charge in [0, 0.05) is 18.7 Å². The molecule has 1 rings (SSSR count). The normalized spacial score (nSPS) is 10.8. The van der Waals surface area contributed by atoms with Gasteiger partial charge in [-0.15, -0.1) is 0 Å². The zero-order valence-electron chi connectivity index (χ0n) is 9.21. The highest BCUT2D eigenvalue weighted by Gasteiger charge is 2.33. The summed E-state index contributed by atoms with van der Waals surface area (Å²) >= 11 is 0. The van der Waals surface area contributed by atoms with Gasteiger partial charge < -0.3 is 11.1 Å². The molecule has 1 amide bonds. The first-order chi connectivity index (χ1) is 8.34. The van der Waals surface area contributed by atoms with Crippen LogP contribution in [-0.2, 0) is 11.0 Å². The number of nitrogens with one attached hydrogen (secondary N) is 1. The van der Waals surface area contributed by atoms with Gasteiger partial charge in [0.1, 0.15) is 0 Å². The van der Waals surface area contributed by atoms with Gasteiger partial charge in [0.25, 0.3) is 0 Å². The number of benzene rings is 1. The fourth-order valence-electron chi connectivity index (χ4n) is 1.32. The van der Waals surface area contributed by atoms with Crippen LogP contribution in [0.15, 0.2) is 18.2 Å². The molecular formula is C11H10F3N3O. The second kappa shape index (κ2) is 5.40. The Bertz CT molecular complexity index is 491. The van der Waals surface area contributed by atoms with Crippen LogP contribution in [0.2, 0.25) is 0 Å². The monoisotopic (exact) mass is 257 g/mol. The number of carbonyl (C=O) groups is 1. The van der Waals surface area contributed by atoms with Crippen LogP contribution in [0.5, 0.6) is 0 Å². The van der Waals surface area contributed by atoms with Gasteiger partial charge in [0.2, 0.25) is 5.91 Å². The maximum atomic E-state index is 12.5. The summed E-state index contributed by atoms with van der Waals surface area (Å²) < 4.78 is 37.5. The average molecular weight is 257 g/mol. The van der Waals surface area contributed by atoms with Crippen molar-refractivity contribution in [3.8, 4) is 6.07 Å². The van der Waals surface area contributed by atoms with Crippen LogP contribution >= 0.6 is 0 Å². The molecule has 4 nitrogen and oxygen atoms in total. The highest BCUT2D eigenvalue weighted by molar-refractivity contribution is 5.74. The molecule has 0 heterocycles. The molecule has 0 radical (unpaired) electrons. The van der Waals surface area contributed by atoms with Crippen molar-refractivity contribution in [2.45, 2.75) is 12.6 Å². The Morgan fingerprint density at radius 1 is 1.44 bits per heavy atom. The highest BCUT2D eigenvalue weighted by atomic mass is 19.4. The first-order valence-electron chi connectivity index (χ1n) is 4.98. The molecule has 0 saturated heterocycles. The minimum atomic E-state index is -4.56. The third kappa shape index (κ3) is 3.66. The van der Waals surface area contributed by atoms with E-state index in [0.29, 0.717) is 5.69 Å². The van der Waals surface area contributed by atoms with Gasteiger partial charge in [-0.1, -0.05) is 0 Å². The van der Waals surface area contributed by atoms with Crippen molar-refractivity contribution in [3.05, 3.63) is 29.3 Å². The van der Waals surface area contributed by atoms with Crippen LogP contribution < -0.4 is 11.1 Å². The van der Waals surface area contributed by atoms with Crippen LogP contribution in [0.25, 0.3) is 0 Å². The minimum Gasteiger partial charge on any atom is -0.384 e. The SMILES string of the molecule is N#Cc1cc(NCCC(N)=O)ccc1C(F)(F)F. The lowest BCUT2D eigenvalue weighted by molar-refractivity contribution is -0.137. The number of amides is 1. The lowest BCUT2D eigenvalue weighted by atomic mass is 10.1. The van der Waals surface area contributed by atoms with Gasteiger partial charge in [-0.25, -0.2) is 0 Å². The Hall–Kier alpha value is -2.23. The van der Waals surface area contributed by atoms with Crippen molar-refractivity contribution in [1.29, 1.82) is 5.26 Å². The van der Waals surface area contributed by atoms with Gasteiger partial charge in [0.15, 0.2) is 0 Å². The molecule has 1 aromatic rings. The number of nitrogens with zero attached hydrogens (tertiary/aromatic N) is 1. The topological polar surface area (TPSA) is 78.9 Å². The molecule has 18 heavy (non-hydrogen) atoms. The second-order valence-electron chi connectivity index (χ2n) is 3.51. The van der Waals surface area contributed by atoms with E-state index in [2.05, 4.69) is 5.32 Å². The van der Waals surface area contributed by atoms with E-state index >= 15 is 0 Å². The Balaban J connectivity index is 2.87. The van der Waals surface area contributed by atoms with E-state index in [-0.39, 0.29) is 13.0 Å². The Morgan fingerprint density at radius 2 is 2.11 bits per heavy atom. The fourth-order valence-corrected chi connectivity index (χ4v) is 1.32. The van der Waals surface area contributed by atoms with Crippen LogP contribution in [0.1, 0.15) is 17.5 Å². The summed E-state index contributed by atoms with van der Waals surface area (Å²) in [4.78, 5) is 10.5. The Labute approximate surface area is 101 Å². The summed E-state index contributed by atoms with van der Waals surface area (Å²) in [6, 6.07) is 4.60. The van der Waals surface area contributed by atoms with E-state index in [9.17, 15) is 18.0 Å². The van der Waals surface area contributed by atoms with E-state index in [4.69, 9.17) is 11.0 Å². The van der Waals surface area contributed by atoms with Gasteiger partial charge in [0.05, 0.1) is 17.2 Å². The number of nitrogens with two attached hydrogens (primary N) is 1. The first-order valence-corrected chi connectivity index (χ1v) is 4.98. The molecule has 0 bridgehead atoms. The van der Waals surface area contributed by atoms with Gasteiger partial charge >= 0.3 is 6.18 Å². The van der Waals surface area contributed by atoms with E-state index in [1.807, 2.05) is 0 Å². The van der Waals surface area contributed by atoms with E-state index in [1.54, 1.807) is 0 Å². The molecule has 0 aliphatic carbocycles. The fraction of sp³-hybridized carbons (Fsp3) is 0.273. The maximum Gasteiger partial charge on any atom is 0.417 e.